The van der Waals surface area contributed by atoms with Gasteiger partial charge in [-0.3, -0.25) is 9.59 Å². The van der Waals surface area contributed by atoms with Gasteiger partial charge in [0.15, 0.2) is 16.4 Å². The topological polar surface area (TPSA) is 89.5 Å². The maximum absolute atomic E-state index is 12.3. The van der Waals surface area contributed by atoms with Gasteiger partial charge in [0.05, 0.1) is 17.3 Å². The molecule has 0 aliphatic carbocycles. The summed E-state index contributed by atoms with van der Waals surface area (Å²) in [7, 11) is -2.96. The fourth-order valence-electron chi connectivity index (χ4n) is 3.14. The van der Waals surface area contributed by atoms with Gasteiger partial charge in [-0.25, -0.2) is 8.42 Å². The Balaban J connectivity index is 1.88. The summed E-state index contributed by atoms with van der Waals surface area (Å²) in [6, 6.07) is 5.97. The number of thioether (sulfide) groups is 1. The molecule has 1 N–H and O–H groups in total. The Hall–Kier alpha value is -1.54. The number of rotatable bonds is 8. The summed E-state index contributed by atoms with van der Waals surface area (Å²) in [4.78, 5) is 24.2. The van der Waals surface area contributed by atoms with Gasteiger partial charge in [0.2, 0.25) is 0 Å². The summed E-state index contributed by atoms with van der Waals surface area (Å²) in [5.41, 5.74) is 2.88. The molecule has 0 bridgehead atoms. The second-order valence-corrected chi connectivity index (χ2v) is 11.2. The molecular weight excluding hydrogens is 398 g/mol. The van der Waals surface area contributed by atoms with E-state index in [0.29, 0.717) is 6.42 Å². The summed E-state index contributed by atoms with van der Waals surface area (Å²) < 4.78 is 28.0. The number of sulfone groups is 1. The molecule has 156 valence electrons. The molecule has 1 fully saturated rings. The number of esters is 1. The Morgan fingerprint density at radius 1 is 1.18 bits per heavy atom. The quantitative estimate of drug-likeness (QED) is 0.640. The largest absolute Gasteiger partial charge is 0.455 e. The van der Waals surface area contributed by atoms with E-state index in [0.717, 1.165) is 16.8 Å². The van der Waals surface area contributed by atoms with Gasteiger partial charge in [0.25, 0.3) is 5.91 Å². The molecule has 1 aliphatic heterocycles. The molecule has 6 nitrogen and oxygen atoms in total. The Kier molecular flexibility index (Phi) is 7.95. The number of carbonyl (C=O) groups is 2. The molecule has 2 rings (SSSR count). The second kappa shape index (κ2) is 9.78. The second-order valence-electron chi connectivity index (χ2n) is 7.67. The fraction of sp³-hybridized carbons (Fsp3) is 0.600. The van der Waals surface area contributed by atoms with Crippen molar-refractivity contribution in [3.63, 3.8) is 0 Å². The van der Waals surface area contributed by atoms with Crippen LogP contribution in [0.3, 0.4) is 0 Å². The Bertz CT molecular complexity index is 792. The first kappa shape index (κ1) is 22.7. The van der Waals surface area contributed by atoms with E-state index in [1.165, 1.54) is 11.8 Å². The van der Waals surface area contributed by atoms with E-state index in [1.54, 1.807) is 0 Å². The van der Waals surface area contributed by atoms with E-state index >= 15 is 0 Å². The average Bonchev–Trinajstić information content (AvgIpc) is 2.96. The van der Waals surface area contributed by atoms with Gasteiger partial charge in [-0.15, -0.1) is 11.8 Å². The van der Waals surface area contributed by atoms with Gasteiger partial charge >= 0.3 is 5.97 Å². The van der Waals surface area contributed by atoms with Gasteiger partial charge in [0.1, 0.15) is 0 Å². The third kappa shape index (κ3) is 6.51. The van der Waals surface area contributed by atoms with Crippen molar-refractivity contribution in [2.75, 3.05) is 29.2 Å². The molecule has 0 saturated carbocycles. The lowest BCUT2D eigenvalue weighted by molar-refractivity contribution is -0.144. The number of nitrogens with one attached hydrogen (secondary N) is 1. The van der Waals surface area contributed by atoms with E-state index in [2.05, 4.69) is 33.0 Å². The number of hydrogen-bond acceptors (Lipinski definition) is 6. The zero-order valence-corrected chi connectivity index (χ0v) is 18.5. The molecular formula is C20H29NO5S2. The monoisotopic (exact) mass is 427 g/mol. The molecule has 1 amide bonds. The van der Waals surface area contributed by atoms with Crippen LogP contribution < -0.4 is 5.32 Å². The van der Waals surface area contributed by atoms with Crippen LogP contribution in [0.25, 0.3) is 0 Å². The average molecular weight is 428 g/mol. The highest BCUT2D eigenvalue weighted by molar-refractivity contribution is 8.02. The molecule has 1 aromatic rings. The van der Waals surface area contributed by atoms with Crippen molar-refractivity contribution in [2.45, 2.75) is 51.2 Å². The maximum atomic E-state index is 12.3. The van der Waals surface area contributed by atoms with Crippen molar-refractivity contribution in [1.82, 2.24) is 0 Å². The first-order valence-corrected chi connectivity index (χ1v) is 12.4. The van der Waals surface area contributed by atoms with Gasteiger partial charge in [-0.05, 0) is 29.4 Å². The molecule has 28 heavy (non-hydrogen) atoms. The Labute approximate surface area is 171 Å². The smallest absolute Gasteiger partial charge is 0.316 e. The predicted molar refractivity (Wildman–Crippen MR) is 114 cm³/mol. The molecule has 1 aromatic carbocycles. The van der Waals surface area contributed by atoms with Crippen molar-refractivity contribution in [3.8, 4) is 0 Å². The SMILES string of the molecule is CC(C)c1cccc(C(C)C)c1NC(=O)COC(=O)CS[C@@H]1CCS(=O)(=O)C1. The van der Waals surface area contributed by atoms with Gasteiger partial charge in [-0.1, -0.05) is 45.9 Å². The normalized spacial score (nSPS) is 18.4. The highest BCUT2D eigenvalue weighted by Gasteiger charge is 2.28. The predicted octanol–water partition coefficient (Wildman–Crippen LogP) is 3.34. The molecule has 1 atom stereocenters. The van der Waals surface area contributed by atoms with E-state index in [9.17, 15) is 18.0 Å². The van der Waals surface area contributed by atoms with Crippen molar-refractivity contribution in [1.29, 1.82) is 0 Å². The minimum atomic E-state index is -2.96. The van der Waals surface area contributed by atoms with Gasteiger partial charge in [0, 0.05) is 10.9 Å². The van der Waals surface area contributed by atoms with E-state index in [-0.39, 0.29) is 46.9 Å². The highest BCUT2D eigenvalue weighted by Crippen LogP contribution is 2.32. The van der Waals surface area contributed by atoms with E-state index in [1.807, 2.05) is 18.2 Å². The summed E-state index contributed by atoms with van der Waals surface area (Å²) in [5.74, 6) is -0.0631. The van der Waals surface area contributed by atoms with Crippen LogP contribution >= 0.6 is 11.8 Å². The van der Waals surface area contributed by atoms with Crippen LogP contribution in [0.4, 0.5) is 5.69 Å². The van der Waals surface area contributed by atoms with Gasteiger partial charge in [-0.2, -0.15) is 0 Å². The lowest BCUT2D eigenvalue weighted by Gasteiger charge is -2.20. The summed E-state index contributed by atoms with van der Waals surface area (Å²) in [6.45, 7) is 7.91. The number of para-hydroxylation sites is 1. The van der Waals surface area contributed by atoms with Crippen molar-refractivity contribution < 1.29 is 22.7 Å². The van der Waals surface area contributed by atoms with Crippen LogP contribution in [-0.2, 0) is 24.2 Å². The molecule has 0 unspecified atom stereocenters. The van der Waals surface area contributed by atoms with Crippen LogP contribution in [0.15, 0.2) is 18.2 Å². The van der Waals surface area contributed by atoms with Crippen molar-refractivity contribution >= 4 is 39.2 Å². The van der Waals surface area contributed by atoms with Gasteiger partial charge < -0.3 is 10.1 Å². The van der Waals surface area contributed by atoms with Crippen LogP contribution in [0.5, 0.6) is 0 Å². The summed E-state index contributed by atoms with van der Waals surface area (Å²) >= 11 is 1.28. The fourth-order valence-corrected chi connectivity index (χ4v) is 6.58. The highest BCUT2D eigenvalue weighted by atomic mass is 32.2. The number of anilines is 1. The molecule has 1 aliphatic rings. The van der Waals surface area contributed by atoms with Crippen LogP contribution in [-0.4, -0.2) is 49.4 Å². The number of benzene rings is 1. The third-order valence-electron chi connectivity index (χ3n) is 4.63. The van der Waals surface area contributed by atoms with Crippen molar-refractivity contribution in [2.24, 2.45) is 0 Å². The minimum absolute atomic E-state index is 0.0489. The molecule has 1 saturated heterocycles. The van der Waals surface area contributed by atoms with E-state index in [4.69, 9.17) is 4.74 Å². The summed E-state index contributed by atoms with van der Waals surface area (Å²) in [6.07, 6.45) is 0.560. The molecule has 0 spiro atoms. The molecule has 1 heterocycles. The lowest BCUT2D eigenvalue weighted by atomic mass is 9.92. The maximum Gasteiger partial charge on any atom is 0.316 e. The van der Waals surface area contributed by atoms with Crippen LogP contribution in [0.2, 0.25) is 0 Å². The summed E-state index contributed by atoms with van der Waals surface area (Å²) in [5, 5.41) is 2.83. The third-order valence-corrected chi connectivity index (χ3v) is 7.88. The first-order chi connectivity index (χ1) is 13.1. The number of amides is 1. The standard InChI is InChI=1S/C20H29NO5S2/c1-13(2)16-6-5-7-17(14(3)4)20(16)21-18(22)10-26-19(23)11-27-15-8-9-28(24,25)12-15/h5-7,13-15H,8-12H2,1-4H3,(H,21,22)/t15-/m1/s1. The van der Waals surface area contributed by atoms with Crippen LogP contribution in [0.1, 0.15) is 57.1 Å². The zero-order chi connectivity index (χ0) is 20.9. The Morgan fingerprint density at radius 3 is 2.29 bits per heavy atom. The van der Waals surface area contributed by atoms with Crippen molar-refractivity contribution in [3.05, 3.63) is 29.3 Å². The number of carbonyl (C=O) groups excluding carboxylic acids is 2. The Morgan fingerprint density at radius 2 is 1.79 bits per heavy atom. The number of hydrogen-bond donors (Lipinski definition) is 1. The molecule has 0 aromatic heterocycles. The number of ether oxygens (including phenoxy) is 1. The molecule has 8 heteroatoms. The minimum Gasteiger partial charge on any atom is -0.455 e. The lowest BCUT2D eigenvalue weighted by Crippen LogP contribution is -2.23. The van der Waals surface area contributed by atoms with Crippen LogP contribution in [0, 0.1) is 0 Å². The zero-order valence-electron chi connectivity index (χ0n) is 16.9. The molecule has 0 radical (unpaired) electrons. The first-order valence-electron chi connectivity index (χ1n) is 9.49. The van der Waals surface area contributed by atoms with E-state index < -0.39 is 15.8 Å².